The number of hydrogen-bond donors (Lipinski definition) is 3. The molecule has 0 spiro atoms. The summed E-state index contributed by atoms with van der Waals surface area (Å²) in [4.78, 5) is 8.85. The molecular weight excluding hydrogens is 435 g/mol. The van der Waals surface area contributed by atoms with Crippen LogP contribution in [0.4, 0.5) is 30.6 Å². The Morgan fingerprint density at radius 3 is 2.52 bits per heavy atom. The maximum Gasteiger partial charge on any atom is 0.573 e. The van der Waals surface area contributed by atoms with Crippen molar-refractivity contribution in [2.45, 2.75) is 26.3 Å². The number of benzene rings is 2. The Hall–Kier alpha value is -3.84. The van der Waals surface area contributed by atoms with Gasteiger partial charge in [-0.05, 0) is 36.2 Å². The molecule has 3 aromatic rings. The van der Waals surface area contributed by atoms with Gasteiger partial charge in [-0.3, -0.25) is 0 Å². The molecule has 10 heteroatoms. The van der Waals surface area contributed by atoms with E-state index in [0.717, 1.165) is 0 Å². The number of aliphatic hydroxyl groups is 1. The SMILES string of the molecule is CC(C)[C@H](CO)Nc1nc(Nc2cccc(C#N)c2)cc(-c2cccc(OC(F)(F)F)c2)n1. The van der Waals surface area contributed by atoms with Crippen molar-refractivity contribution < 1.29 is 23.0 Å². The highest BCUT2D eigenvalue weighted by Crippen LogP contribution is 2.29. The Morgan fingerprint density at radius 2 is 1.85 bits per heavy atom. The molecular formula is C23H22F3N5O2. The van der Waals surface area contributed by atoms with Gasteiger partial charge in [0.2, 0.25) is 5.95 Å². The van der Waals surface area contributed by atoms with Crippen LogP contribution in [-0.2, 0) is 0 Å². The van der Waals surface area contributed by atoms with Gasteiger partial charge in [-0.25, -0.2) is 4.98 Å². The van der Waals surface area contributed by atoms with E-state index in [4.69, 9.17) is 5.26 Å². The van der Waals surface area contributed by atoms with Crippen molar-refractivity contribution in [2.24, 2.45) is 5.92 Å². The lowest BCUT2D eigenvalue weighted by molar-refractivity contribution is -0.274. The number of nitrogens with one attached hydrogen (secondary N) is 2. The molecule has 33 heavy (non-hydrogen) atoms. The maximum atomic E-state index is 12.7. The average molecular weight is 457 g/mol. The number of anilines is 3. The summed E-state index contributed by atoms with van der Waals surface area (Å²) in [5, 5.41) is 24.9. The minimum Gasteiger partial charge on any atom is -0.406 e. The van der Waals surface area contributed by atoms with Gasteiger partial charge >= 0.3 is 6.36 Å². The normalized spacial score (nSPS) is 12.2. The molecule has 1 aromatic heterocycles. The number of nitriles is 1. The predicted molar refractivity (Wildman–Crippen MR) is 118 cm³/mol. The summed E-state index contributed by atoms with van der Waals surface area (Å²) >= 11 is 0. The van der Waals surface area contributed by atoms with E-state index >= 15 is 0 Å². The van der Waals surface area contributed by atoms with Gasteiger partial charge in [0, 0.05) is 17.3 Å². The van der Waals surface area contributed by atoms with Crippen molar-refractivity contribution in [3.05, 3.63) is 60.2 Å². The van der Waals surface area contributed by atoms with Crippen molar-refractivity contribution in [2.75, 3.05) is 17.2 Å². The van der Waals surface area contributed by atoms with Crippen LogP contribution < -0.4 is 15.4 Å². The molecule has 7 nitrogen and oxygen atoms in total. The van der Waals surface area contributed by atoms with Crippen LogP contribution >= 0.6 is 0 Å². The van der Waals surface area contributed by atoms with Crippen molar-refractivity contribution in [1.82, 2.24) is 9.97 Å². The van der Waals surface area contributed by atoms with Crippen LogP contribution in [0.5, 0.6) is 5.75 Å². The fourth-order valence-electron chi connectivity index (χ4n) is 2.98. The minimum absolute atomic E-state index is 0.0643. The second-order valence-corrected chi connectivity index (χ2v) is 7.53. The molecule has 0 fully saturated rings. The number of aromatic nitrogens is 2. The van der Waals surface area contributed by atoms with E-state index in [-0.39, 0.29) is 30.3 Å². The molecule has 3 rings (SSSR count). The van der Waals surface area contributed by atoms with Gasteiger partial charge in [0.25, 0.3) is 0 Å². The van der Waals surface area contributed by atoms with Crippen LogP contribution in [0.15, 0.2) is 54.6 Å². The Labute approximate surface area is 188 Å². The summed E-state index contributed by atoms with van der Waals surface area (Å²) in [5.41, 5.74) is 1.76. The van der Waals surface area contributed by atoms with Gasteiger partial charge in [0.1, 0.15) is 11.6 Å². The zero-order valence-corrected chi connectivity index (χ0v) is 17.9. The third-order valence-corrected chi connectivity index (χ3v) is 4.67. The van der Waals surface area contributed by atoms with Gasteiger partial charge in [-0.2, -0.15) is 10.2 Å². The average Bonchev–Trinajstić information content (AvgIpc) is 2.76. The monoisotopic (exact) mass is 457 g/mol. The topological polar surface area (TPSA) is 103 Å². The van der Waals surface area contributed by atoms with Crippen molar-refractivity contribution in [1.29, 1.82) is 5.26 Å². The zero-order chi connectivity index (χ0) is 24.0. The molecule has 2 aromatic carbocycles. The number of hydrogen-bond acceptors (Lipinski definition) is 7. The van der Waals surface area contributed by atoms with E-state index in [0.29, 0.717) is 28.3 Å². The molecule has 0 aliphatic carbocycles. The molecule has 0 saturated heterocycles. The zero-order valence-electron chi connectivity index (χ0n) is 17.9. The highest BCUT2D eigenvalue weighted by molar-refractivity contribution is 5.69. The van der Waals surface area contributed by atoms with Crippen LogP contribution in [0, 0.1) is 17.2 Å². The van der Waals surface area contributed by atoms with Gasteiger partial charge in [-0.15, -0.1) is 13.2 Å². The maximum absolute atomic E-state index is 12.7. The summed E-state index contributed by atoms with van der Waals surface area (Å²) in [5.74, 6) is 0.218. The third kappa shape index (κ3) is 6.82. The van der Waals surface area contributed by atoms with Crippen LogP contribution in [0.3, 0.4) is 0 Å². The molecule has 3 N–H and O–H groups in total. The Morgan fingerprint density at radius 1 is 1.09 bits per heavy atom. The van der Waals surface area contributed by atoms with Gasteiger partial charge in [-0.1, -0.05) is 32.0 Å². The van der Waals surface area contributed by atoms with E-state index in [2.05, 4.69) is 31.4 Å². The summed E-state index contributed by atoms with van der Waals surface area (Å²) in [7, 11) is 0. The quantitative estimate of drug-likeness (QED) is 0.433. The first-order chi connectivity index (χ1) is 15.7. The van der Waals surface area contributed by atoms with E-state index in [9.17, 15) is 18.3 Å². The van der Waals surface area contributed by atoms with Crippen molar-refractivity contribution in [3.63, 3.8) is 0 Å². The van der Waals surface area contributed by atoms with Crippen molar-refractivity contribution in [3.8, 4) is 23.1 Å². The van der Waals surface area contributed by atoms with Crippen LogP contribution in [-0.4, -0.2) is 34.1 Å². The molecule has 0 bridgehead atoms. The summed E-state index contributed by atoms with van der Waals surface area (Å²) in [6.45, 7) is 3.68. The molecule has 0 aliphatic heterocycles. The number of ether oxygens (including phenoxy) is 1. The van der Waals surface area contributed by atoms with Gasteiger partial charge in [0.15, 0.2) is 0 Å². The molecule has 0 saturated carbocycles. The third-order valence-electron chi connectivity index (χ3n) is 4.67. The van der Waals surface area contributed by atoms with E-state index < -0.39 is 6.36 Å². The summed E-state index contributed by atoms with van der Waals surface area (Å²) < 4.78 is 42.0. The molecule has 0 amide bonds. The molecule has 0 radical (unpaired) electrons. The molecule has 1 heterocycles. The fraction of sp³-hybridized carbons (Fsp3) is 0.261. The number of aliphatic hydroxyl groups excluding tert-OH is 1. The Kier molecular flexibility index (Phi) is 7.35. The van der Waals surface area contributed by atoms with Gasteiger partial charge in [0.05, 0.1) is 30.0 Å². The fourth-order valence-corrected chi connectivity index (χ4v) is 2.98. The molecule has 172 valence electrons. The standard InChI is InChI=1S/C23H22F3N5O2/c1-14(2)20(13-32)30-22-29-19(16-6-4-8-18(10-16)33-23(24,25)26)11-21(31-22)28-17-7-3-5-15(9-17)12-27/h3-11,14,20,32H,13H2,1-2H3,(H2,28,29,30,31)/t20-/m0/s1. The number of rotatable bonds is 8. The highest BCUT2D eigenvalue weighted by Gasteiger charge is 2.31. The number of nitrogens with zero attached hydrogens (tertiary/aromatic N) is 3. The predicted octanol–water partition coefficient (Wildman–Crippen LogP) is 5.09. The van der Waals surface area contributed by atoms with Crippen molar-refractivity contribution >= 4 is 17.5 Å². The van der Waals surface area contributed by atoms with Crippen LogP contribution in [0.2, 0.25) is 0 Å². The second-order valence-electron chi connectivity index (χ2n) is 7.53. The second kappa shape index (κ2) is 10.2. The van der Waals surface area contributed by atoms with Crippen LogP contribution in [0.1, 0.15) is 19.4 Å². The molecule has 0 aliphatic rings. The smallest absolute Gasteiger partial charge is 0.406 e. The van der Waals surface area contributed by atoms with E-state index in [1.54, 1.807) is 36.4 Å². The van der Waals surface area contributed by atoms with E-state index in [1.807, 2.05) is 13.8 Å². The Balaban J connectivity index is 2.01. The Bertz CT molecular complexity index is 1150. The molecule has 0 unspecified atom stereocenters. The van der Waals surface area contributed by atoms with Gasteiger partial charge < -0.3 is 20.5 Å². The first kappa shape index (κ1) is 23.8. The first-order valence-electron chi connectivity index (χ1n) is 10.1. The number of halogens is 3. The number of alkyl halides is 3. The van der Waals surface area contributed by atoms with Crippen LogP contribution in [0.25, 0.3) is 11.3 Å². The lowest BCUT2D eigenvalue weighted by atomic mass is 10.1. The van der Waals surface area contributed by atoms with E-state index in [1.165, 1.54) is 18.2 Å². The lowest BCUT2D eigenvalue weighted by Crippen LogP contribution is -2.30. The minimum atomic E-state index is -4.82. The summed E-state index contributed by atoms with van der Waals surface area (Å²) in [6.07, 6.45) is -4.82. The lowest BCUT2D eigenvalue weighted by Gasteiger charge is -2.21. The first-order valence-corrected chi connectivity index (χ1v) is 10.1. The molecule has 1 atom stereocenters. The highest BCUT2D eigenvalue weighted by atomic mass is 19.4. The largest absolute Gasteiger partial charge is 0.573 e. The summed E-state index contributed by atoms with van der Waals surface area (Å²) in [6, 6.07) is 15.5.